The van der Waals surface area contributed by atoms with E-state index in [0.717, 1.165) is 12.1 Å². The van der Waals surface area contributed by atoms with Gasteiger partial charge in [-0.25, -0.2) is 4.39 Å². The molecule has 0 saturated heterocycles. The highest BCUT2D eigenvalue weighted by Crippen LogP contribution is 2.32. The van der Waals surface area contributed by atoms with E-state index in [4.69, 9.17) is 11.6 Å². The molecule has 0 unspecified atom stereocenters. The van der Waals surface area contributed by atoms with Gasteiger partial charge in [-0.2, -0.15) is 0 Å². The average molecular weight is 229 g/mol. The molecule has 0 saturated carbocycles. The van der Waals surface area contributed by atoms with Gasteiger partial charge in [0.25, 0.3) is 0 Å². The Morgan fingerprint density at radius 2 is 1.86 bits per heavy atom. The fraction of sp³-hybridized carbons (Fsp3) is 0.250. The molecule has 78 valence electrons. The molecule has 0 aliphatic carbocycles. The first-order valence-electron chi connectivity index (χ1n) is 3.51. The zero-order chi connectivity index (χ0) is 10.9. The van der Waals surface area contributed by atoms with E-state index in [1.807, 2.05) is 0 Å². The summed E-state index contributed by atoms with van der Waals surface area (Å²) in [4.78, 5) is 0. The van der Waals surface area contributed by atoms with Gasteiger partial charge in [-0.3, -0.25) is 0 Å². The van der Waals surface area contributed by atoms with Crippen molar-refractivity contribution in [3.63, 3.8) is 0 Å². The highest BCUT2D eigenvalue weighted by atomic mass is 35.5. The van der Waals surface area contributed by atoms with Crippen LogP contribution in [0.1, 0.15) is 5.56 Å². The lowest BCUT2D eigenvalue weighted by Gasteiger charge is -2.11. The zero-order valence-corrected chi connectivity index (χ0v) is 7.71. The van der Waals surface area contributed by atoms with Crippen LogP contribution in [0, 0.1) is 12.7 Å². The fourth-order valence-corrected chi connectivity index (χ4v) is 1.04. The van der Waals surface area contributed by atoms with Crippen molar-refractivity contribution in [2.45, 2.75) is 13.3 Å². The summed E-state index contributed by atoms with van der Waals surface area (Å²) in [5.41, 5.74) is 0.297. The van der Waals surface area contributed by atoms with Gasteiger partial charge in [-0.15, -0.1) is 13.2 Å². The third-order valence-electron chi connectivity index (χ3n) is 1.36. The number of hydrogen-bond acceptors (Lipinski definition) is 1. The summed E-state index contributed by atoms with van der Waals surface area (Å²) in [5, 5.41) is -0.673. The predicted molar refractivity (Wildman–Crippen MR) is 42.8 cm³/mol. The zero-order valence-electron chi connectivity index (χ0n) is 6.95. The van der Waals surface area contributed by atoms with Gasteiger partial charge in [0, 0.05) is 0 Å². The number of rotatable bonds is 1. The molecule has 0 aromatic heterocycles. The second kappa shape index (κ2) is 3.65. The molecule has 1 nitrogen and oxygen atoms in total. The lowest BCUT2D eigenvalue weighted by molar-refractivity contribution is -0.274. The van der Waals surface area contributed by atoms with Crippen molar-refractivity contribution in [1.82, 2.24) is 0 Å². The Morgan fingerprint density at radius 1 is 1.29 bits per heavy atom. The van der Waals surface area contributed by atoms with Crippen LogP contribution < -0.4 is 4.74 Å². The number of hydrogen-bond donors (Lipinski definition) is 0. The summed E-state index contributed by atoms with van der Waals surface area (Å²) in [6.07, 6.45) is -4.87. The third kappa shape index (κ3) is 2.77. The topological polar surface area (TPSA) is 9.23 Å². The van der Waals surface area contributed by atoms with Gasteiger partial charge >= 0.3 is 6.36 Å². The van der Waals surface area contributed by atoms with Crippen LogP contribution in [-0.4, -0.2) is 6.36 Å². The third-order valence-corrected chi connectivity index (χ3v) is 1.73. The number of aryl methyl sites for hydroxylation is 1. The monoisotopic (exact) mass is 228 g/mol. The number of alkyl halides is 3. The maximum absolute atomic E-state index is 12.8. The largest absolute Gasteiger partial charge is 0.573 e. The van der Waals surface area contributed by atoms with Gasteiger partial charge in [0.2, 0.25) is 0 Å². The van der Waals surface area contributed by atoms with Crippen LogP contribution in [0.2, 0.25) is 5.02 Å². The number of halogens is 5. The molecule has 14 heavy (non-hydrogen) atoms. The van der Waals surface area contributed by atoms with Crippen molar-refractivity contribution in [2.75, 3.05) is 0 Å². The van der Waals surface area contributed by atoms with Gasteiger partial charge in [0.1, 0.15) is 10.8 Å². The molecular formula is C8H5ClF4O. The Hall–Kier alpha value is -0.970. The first kappa shape index (κ1) is 11.1. The molecule has 1 aromatic rings. The maximum atomic E-state index is 12.8. The molecule has 0 heterocycles. The van der Waals surface area contributed by atoms with Crippen LogP contribution in [0.3, 0.4) is 0 Å². The summed E-state index contributed by atoms with van der Waals surface area (Å²) in [7, 11) is 0. The summed E-state index contributed by atoms with van der Waals surface area (Å²) >= 11 is 5.27. The molecule has 0 aliphatic heterocycles. The lowest BCUT2D eigenvalue weighted by atomic mass is 10.2. The Balaban J connectivity index is 3.09. The van der Waals surface area contributed by atoms with E-state index in [2.05, 4.69) is 4.74 Å². The second-order valence-electron chi connectivity index (χ2n) is 2.61. The fourth-order valence-electron chi connectivity index (χ4n) is 0.892. The van der Waals surface area contributed by atoms with Crippen LogP contribution >= 0.6 is 11.6 Å². The molecule has 6 heteroatoms. The first-order valence-corrected chi connectivity index (χ1v) is 3.89. The van der Waals surface area contributed by atoms with Crippen molar-refractivity contribution in [1.29, 1.82) is 0 Å². The highest BCUT2D eigenvalue weighted by molar-refractivity contribution is 6.32. The normalized spacial score (nSPS) is 11.6. The molecule has 0 spiro atoms. The van der Waals surface area contributed by atoms with E-state index >= 15 is 0 Å². The smallest absolute Gasteiger partial charge is 0.404 e. The standard InChI is InChI=1S/C8H5ClF4O/c1-4-2-5(10)7(9)6(3-4)14-8(11,12)13/h2-3H,1H3. The molecule has 0 fully saturated rings. The van der Waals surface area contributed by atoms with Crippen molar-refractivity contribution in [3.05, 3.63) is 28.5 Å². The van der Waals surface area contributed by atoms with Crippen molar-refractivity contribution < 1.29 is 22.3 Å². The highest BCUT2D eigenvalue weighted by Gasteiger charge is 2.32. The van der Waals surface area contributed by atoms with Gasteiger partial charge in [-0.05, 0) is 24.6 Å². The van der Waals surface area contributed by atoms with Crippen molar-refractivity contribution >= 4 is 11.6 Å². The second-order valence-corrected chi connectivity index (χ2v) is 2.98. The molecule has 0 bridgehead atoms. The molecule has 0 amide bonds. The first-order chi connectivity index (χ1) is 6.29. The van der Waals surface area contributed by atoms with Crippen LogP contribution in [0.4, 0.5) is 17.6 Å². The Labute approximate surface area is 82.2 Å². The molecule has 0 aliphatic rings. The quantitative estimate of drug-likeness (QED) is 0.666. The molecule has 0 atom stereocenters. The summed E-state index contributed by atoms with van der Waals surface area (Å²) in [6.45, 7) is 1.43. The van der Waals surface area contributed by atoms with Gasteiger partial charge < -0.3 is 4.74 Å². The van der Waals surface area contributed by atoms with Crippen molar-refractivity contribution in [3.8, 4) is 5.75 Å². The maximum Gasteiger partial charge on any atom is 0.573 e. The van der Waals surface area contributed by atoms with E-state index in [1.54, 1.807) is 0 Å². The summed E-state index contributed by atoms with van der Waals surface area (Å²) in [6, 6.07) is 2.03. The molecule has 0 N–H and O–H groups in total. The van der Waals surface area contributed by atoms with Crippen molar-refractivity contribution in [2.24, 2.45) is 0 Å². The van der Waals surface area contributed by atoms with Crippen LogP contribution in [0.15, 0.2) is 12.1 Å². The minimum absolute atomic E-state index is 0.297. The Kier molecular flexibility index (Phi) is 2.89. The van der Waals surface area contributed by atoms with Crippen LogP contribution in [0.5, 0.6) is 5.75 Å². The molecular weight excluding hydrogens is 224 g/mol. The van der Waals surface area contributed by atoms with E-state index in [0.29, 0.717) is 5.56 Å². The van der Waals surface area contributed by atoms with E-state index < -0.39 is 23.0 Å². The predicted octanol–water partition coefficient (Wildman–Crippen LogP) is 3.69. The molecule has 0 radical (unpaired) electrons. The molecule has 1 aromatic carbocycles. The average Bonchev–Trinajstić information content (AvgIpc) is 1.96. The van der Waals surface area contributed by atoms with E-state index in [-0.39, 0.29) is 0 Å². The molecule has 1 rings (SSSR count). The van der Waals surface area contributed by atoms with Gasteiger partial charge in [-0.1, -0.05) is 11.6 Å². The minimum Gasteiger partial charge on any atom is -0.404 e. The summed E-state index contributed by atoms with van der Waals surface area (Å²) in [5.74, 6) is -1.66. The number of ether oxygens (including phenoxy) is 1. The van der Waals surface area contributed by atoms with Gasteiger partial charge in [0.15, 0.2) is 5.75 Å². The van der Waals surface area contributed by atoms with Crippen LogP contribution in [-0.2, 0) is 0 Å². The van der Waals surface area contributed by atoms with Crippen LogP contribution in [0.25, 0.3) is 0 Å². The lowest BCUT2D eigenvalue weighted by Crippen LogP contribution is -2.17. The van der Waals surface area contributed by atoms with Gasteiger partial charge in [0.05, 0.1) is 0 Å². The van der Waals surface area contributed by atoms with E-state index in [9.17, 15) is 17.6 Å². The number of benzene rings is 1. The summed E-state index contributed by atoms with van der Waals surface area (Å²) < 4.78 is 51.7. The Bertz CT molecular complexity index is 348. The minimum atomic E-state index is -4.87. The Morgan fingerprint density at radius 3 is 2.36 bits per heavy atom. The SMILES string of the molecule is Cc1cc(F)c(Cl)c(OC(F)(F)F)c1. The van der Waals surface area contributed by atoms with E-state index in [1.165, 1.54) is 6.92 Å².